The maximum atomic E-state index is 12.3. The average molecular weight is 290 g/mol. The predicted octanol–water partition coefficient (Wildman–Crippen LogP) is 2.11. The van der Waals surface area contributed by atoms with Crippen LogP contribution in [0.25, 0.3) is 0 Å². The number of carbonyl (C=O) groups is 2. The third-order valence-electron chi connectivity index (χ3n) is 3.45. The molecule has 0 aromatic heterocycles. The Morgan fingerprint density at radius 2 is 2.10 bits per heavy atom. The Labute approximate surface area is 125 Å². The third-order valence-corrected chi connectivity index (χ3v) is 3.45. The van der Waals surface area contributed by atoms with Crippen molar-refractivity contribution in [2.45, 2.75) is 32.6 Å². The van der Waals surface area contributed by atoms with E-state index in [-0.39, 0.29) is 24.7 Å². The van der Waals surface area contributed by atoms with Gasteiger partial charge in [0.1, 0.15) is 12.4 Å². The molecule has 1 aliphatic rings. The van der Waals surface area contributed by atoms with Gasteiger partial charge in [0.2, 0.25) is 11.8 Å². The topological polar surface area (TPSA) is 58.6 Å². The van der Waals surface area contributed by atoms with E-state index in [2.05, 4.69) is 12.2 Å². The summed E-state index contributed by atoms with van der Waals surface area (Å²) >= 11 is 0. The van der Waals surface area contributed by atoms with Gasteiger partial charge in [-0.25, -0.2) is 0 Å². The summed E-state index contributed by atoms with van der Waals surface area (Å²) in [6, 6.07) is 7.49. The highest BCUT2D eigenvalue weighted by molar-refractivity contribution is 5.97. The second-order valence-electron chi connectivity index (χ2n) is 5.07. The van der Waals surface area contributed by atoms with Crippen LogP contribution in [0.4, 0.5) is 5.69 Å². The lowest BCUT2D eigenvalue weighted by atomic mass is 10.2. The SMILES string of the molecule is CCCCNC(=O)CCC(=O)N1CCOc2ccccc21. The summed E-state index contributed by atoms with van der Waals surface area (Å²) in [5, 5.41) is 2.83. The Hall–Kier alpha value is -2.04. The number of unbranched alkanes of at least 4 members (excludes halogenated alkanes) is 1. The molecule has 0 saturated heterocycles. The summed E-state index contributed by atoms with van der Waals surface area (Å²) < 4.78 is 5.52. The van der Waals surface area contributed by atoms with E-state index >= 15 is 0 Å². The molecule has 5 heteroatoms. The molecule has 0 saturated carbocycles. The first-order valence-corrected chi connectivity index (χ1v) is 7.51. The Balaban J connectivity index is 1.86. The van der Waals surface area contributed by atoms with Gasteiger partial charge in [0.25, 0.3) is 0 Å². The standard InChI is InChI=1S/C16H22N2O3/c1-2-3-10-17-15(19)8-9-16(20)18-11-12-21-14-7-5-4-6-13(14)18/h4-7H,2-3,8-12H2,1H3,(H,17,19). The number of amides is 2. The molecule has 21 heavy (non-hydrogen) atoms. The highest BCUT2D eigenvalue weighted by atomic mass is 16.5. The average Bonchev–Trinajstić information content (AvgIpc) is 2.52. The van der Waals surface area contributed by atoms with Gasteiger partial charge >= 0.3 is 0 Å². The summed E-state index contributed by atoms with van der Waals surface area (Å²) in [5.74, 6) is 0.638. The quantitative estimate of drug-likeness (QED) is 0.816. The van der Waals surface area contributed by atoms with Gasteiger partial charge in [-0.1, -0.05) is 25.5 Å². The Kier molecular flexibility index (Phi) is 5.60. The molecule has 1 heterocycles. The Morgan fingerprint density at radius 1 is 1.29 bits per heavy atom. The van der Waals surface area contributed by atoms with Crippen LogP contribution in [0.2, 0.25) is 0 Å². The summed E-state index contributed by atoms with van der Waals surface area (Å²) in [6.07, 6.45) is 2.48. The molecule has 1 aliphatic heterocycles. The zero-order valence-corrected chi connectivity index (χ0v) is 12.4. The van der Waals surface area contributed by atoms with Gasteiger partial charge in [0.05, 0.1) is 12.2 Å². The van der Waals surface area contributed by atoms with Gasteiger partial charge in [0.15, 0.2) is 0 Å². The molecule has 0 aliphatic carbocycles. The molecule has 1 aromatic carbocycles. The number of hydrogen-bond acceptors (Lipinski definition) is 3. The zero-order valence-electron chi connectivity index (χ0n) is 12.4. The largest absolute Gasteiger partial charge is 0.490 e. The first kappa shape index (κ1) is 15.4. The minimum absolute atomic E-state index is 0.0311. The summed E-state index contributed by atoms with van der Waals surface area (Å²) in [6.45, 7) is 3.79. The van der Waals surface area contributed by atoms with Crippen molar-refractivity contribution in [3.8, 4) is 5.75 Å². The highest BCUT2D eigenvalue weighted by Crippen LogP contribution is 2.31. The van der Waals surface area contributed by atoms with Crippen molar-refractivity contribution >= 4 is 17.5 Å². The number of anilines is 1. The van der Waals surface area contributed by atoms with Gasteiger partial charge in [0, 0.05) is 19.4 Å². The van der Waals surface area contributed by atoms with Crippen LogP contribution in [-0.2, 0) is 9.59 Å². The molecule has 2 rings (SSSR count). The number of rotatable bonds is 6. The molecule has 0 unspecified atom stereocenters. The van der Waals surface area contributed by atoms with Crippen molar-refractivity contribution in [3.63, 3.8) is 0 Å². The summed E-state index contributed by atoms with van der Waals surface area (Å²) in [7, 11) is 0. The normalized spacial score (nSPS) is 13.3. The van der Waals surface area contributed by atoms with Gasteiger partial charge < -0.3 is 15.0 Å². The van der Waals surface area contributed by atoms with Crippen LogP contribution < -0.4 is 15.0 Å². The van der Waals surface area contributed by atoms with Gasteiger partial charge in [-0.2, -0.15) is 0 Å². The van der Waals surface area contributed by atoms with Crippen molar-refractivity contribution in [2.24, 2.45) is 0 Å². The molecular formula is C16H22N2O3. The van der Waals surface area contributed by atoms with Crippen molar-refractivity contribution in [3.05, 3.63) is 24.3 Å². The second-order valence-corrected chi connectivity index (χ2v) is 5.07. The number of nitrogens with one attached hydrogen (secondary N) is 1. The monoisotopic (exact) mass is 290 g/mol. The smallest absolute Gasteiger partial charge is 0.227 e. The molecular weight excluding hydrogens is 268 g/mol. The first-order valence-electron chi connectivity index (χ1n) is 7.51. The van der Waals surface area contributed by atoms with E-state index in [9.17, 15) is 9.59 Å². The first-order chi connectivity index (χ1) is 10.2. The zero-order chi connectivity index (χ0) is 15.1. The number of fused-ring (bicyclic) bond motifs is 1. The van der Waals surface area contributed by atoms with E-state index in [0.29, 0.717) is 19.7 Å². The lowest BCUT2D eigenvalue weighted by Crippen LogP contribution is -2.38. The van der Waals surface area contributed by atoms with E-state index in [1.54, 1.807) is 4.90 Å². The minimum atomic E-state index is -0.0571. The number of nitrogens with zero attached hydrogens (tertiary/aromatic N) is 1. The Bertz CT molecular complexity index is 502. The molecule has 0 bridgehead atoms. The molecule has 114 valence electrons. The van der Waals surface area contributed by atoms with Gasteiger partial charge in [-0.15, -0.1) is 0 Å². The number of hydrogen-bond donors (Lipinski definition) is 1. The van der Waals surface area contributed by atoms with Crippen molar-refractivity contribution < 1.29 is 14.3 Å². The van der Waals surface area contributed by atoms with Crippen LogP contribution in [0, 0.1) is 0 Å². The lowest BCUT2D eigenvalue weighted by Gasteiger charge is -2.29. The van der Waals surface area contributed by atoms with Crippen LogP contribution in [-0.4, -0.2) is 31.5 Å². The molecule has 5 nitrogen and oxygen atoms in total. The van der Waals surface area contributed by atoms with E-state index < -0.39 is 0 Å². The van der Waals surface area contributed by atoms with Crippen LogP contribution in [0.1, 0.15) is 32.6 Å². The Morgan fingerprint density at radius 3 is 2.90 bits per heavy atom. The fraction of sp³-hybridized carbons (Fsp3) is 0.500. The number of para-hydroxylation sites is 2. The predicted molar refractivity (Wildman–Crippen MR) is 81.4 cm³/mol. The second kappa shape index (κ2) is 7.67. The van der Waals surface area contributed by atoms with E-state index in [1.165, 1.54) is 0 Å². The molecule has 0 spiro atoms. The molecule has 0 atom stereocenters. The summed E-state index contributed by atoms with van der Waals surface area (Å²) in [5.41, 5.74) is 0.792. The molecule has 2 amide bonds. The van der Waals surface area contributed by atoms with E-state index in [4.69, 9.17) is 4.74 Å². The van der Waals surface area contributed by atoms with Crippen molar-refractivity contribution in [1.29, 1.82) is 0 Å². The van der Waals surface area contributed by atoms with Gasteiger partial charge in [-0.05, 0) is 18.6 Å². The molecule has 1 N–H and O–H groups in total. The van der Waals surface area contributed by atoms with E-state index in [0.717, 1.165) is 24.3 Å². The maximum Gasteiger partial charge on any atom is 0.227 e. The van der Waals surface area contributed by atoms with E-state index in [1.807, 2.05) is 24.3 Å². The number of ether oxygens (including phenoxy) is 1. The summed E-state index contributed by atoms with van der Waals surface area (Å²) in [4.78, 5) is 25.6. The van der Waals surface area contributed by atoms with Crippen LogP contribution in [0.3, 0.4) is 0 Å². The maximum absolute atomic E-state index is 12.3. The molecule has 0 radical (unpaired) electrons. The minimum Gasteiger partial charge on any atom is -0.490 e. The molecule has 1 aromatic rings. The number of benzene rings is 1. The highest BCUT2D eigenvalue weighted by Gasteiger charge is 2.23. The molecule has 0 fully saturated rings. The third kappa shape index (κ3) is 4.21. The van der Waals surface area contributed by atoms with Crippen LogP contribution in [0.15, 0.2) is 24.3 Å². The van der Waals surface area contributed by atoms with Crippen LogP contribution >= 0.6 is 0 Å². The number of carbonyl (C=O) groups excluding carboxylic acids is 2. The van der Waals surface area contributed by atoms with Gasteiger partial charge in [-0.3, -0.25) is 9.59 Å². The van der Waals surface area contributed by atoms with Crippen LogP contribution in [0.5, 0.6) is 5.75 Å². The van der Waals surface area contributed by atoms with Crippen molar-refractivity contribution in [2.75, 3.05) is 24.6 Å². The fourth-order valence-electron chi connectivity index (χ4n) is 2.28. The van der Waals surface area contributed by atoms with Crippen molar-refractivity contribution in [1.82, 2.24) is 5.32 Å². The lowest BCUT2D eigenvalue weighted by molar-refractivity contribution is -0.125. The fourth-order valence-corrected chi connectivity index (χ4v) is 2.28.